The summed E-state index contributed by atoms with van der Waals surface area (Å²) in [5.41, 5.74) is 1.16. The molecule has 5 heteroatoms. The van der Waals surface area contributed by atoms with Crippen molar-refractivity contribution in [1.82, 2.24) is 0 Å². The van der Waals surface area contributed by atoms with Gasteiger partial charge in [0, 0.05) is 10.8 Å². The Labute approximate surface area is 257 Å². The Kier molecular flexibility index (Phi) is 17.4. The van der Waals surface area contributed by atoms with Crippen LogP contribution in [-0.2, 0) is 19.7 Å². The molecule has 0 N–H and O–H groups in total. The van der Waals surface area contributed by atoms with E-state index in [0.29, 0.717) is 35.5 Å². The second-order valence-electron chi connectivity index (χ2n) is 14.9. The molecule has 0 aliphatic rings. The van der Waals surface area contributed by atoms with Gasteiger partial charge in [0.05, 0.1) is 25.4 Å². The van der Waals surface area contributed by atoms with Gasteiger partial charge in [-0.2, -0.15) is 0 Å². The lowest BCUT2D eigenvalue weighted by Gasteiger charge is -2.41. The van der Waals surface area contributed by atoms with Crippen LogP contribution in [0.15, 0.2) is 18.2 Å². The summed E-state index contributed by atoms with van der Waals surface area (Å²) in [5.74, 6) is 4.01. The molecule has 1 aromatic carbocycles. The number of rotatable bonds is 21. The van der Waals surface area contributed by atoms with Crippen molar-refractivity contribution in [1.29, 1.82) is 0 Å². The van der Waals surface area contributed by atoms with E-state index in [1.807, 2.05) is 0 Å². The molecule has 0 saturated heterocycles. The Morgan fingerprint density at radius 1 is 0.537 bits per heavy atom. The van der Waals surface area contributed by atoms with Gasteiger partial charge in [-0.25, -0.2) is 0 Å². The maximum Gasteiger partial charge on any atom is 0.538 e. The van der Waals surface area contributed by atoms with Gasteiger partial charge in [0.15, 0.2) is 0 Å². The molecule has 0 unspecified atom stereocenters. The van der Waals surface area contributed by atoms with Crippen LogP contribution in [0.3, 0.4) is 0 Å². The molecule has 0 aliphatic heterocycles. The average Bonchev–Trinajstić information content (AvgIpc) is 2.80. The molecule has 41 heavy (non-hydrogen) atoms. The molecule has 0 spiro atoms. The van der Waals surface area contributed by atoms with Crippen molar-refractivity contribution in [3.05, 3.63) is 23.8 Å². The number of methoxy groups -OCH3 is 1. The maximum atomic E-state index is 7.51. The van der Waals surface area contributed by atoms with Crippen LogP contribution in [0.2, 0.25) is 0 Å². The molecular formula is C36H68O4Si. The Hall–Kier alpha value is -0.883. The van der Waals surface area contributed by atoms with Gasteiger partial charge in [-0.05, 0) is 86.5 Å². The molecular weight excluding hydrogens is 524 g/mol. The molecule has 0 saturated carbocycles. The molecule has 240 valence electrons. The third-order valence-electron chi connectivity index (χ3n) is 7.41. The van der Waals surface area contributed by atoms with E-state index in [0.717, 1.165) is 61.4 Å². The Morgan fingerprint density at radius 3 is 1.10 bits per heavy atom. The zero-order valence-electron chi connectivity index (χ0n) is 29.5. The van der Waals surface area contributed by atoms with Gasteiger partial charge in [-0.3, -0.25) is 0 Å². The second kappa shape index (κ2) is 18.7. The van der Waals surface area contributed by atoms with Gasteiger partial charge in [0.1, 0.15) is 5.75 Å². The van der Waals surface area contributed by atoms with Gasteiger partial charge in [0.25, 0.3) is 0 Å². The van der Waals surface area contributed by atoms with Crippen LogP contribution in [0.1, 0.15) is 134 Å². The van der Waals surface area contributed by atoms with E-state index in [-0.39, 0.29) is 18.3 Å². The summed E-state index contributed by atoms with van der Waals surface area (Å²) < 4.78 is 28.5. The van der Waals surface area contributed by atoms with Gasteiger partial charge in [-0.15, -0.1) is 0 Å². The van der Waals surface area contributed by atoms with E-state index in [9.17, 15) is 0 Å². The van der Waals surface area contributed by atoms with Crippen LogP contribution in [0.25, 0.3) is 0 Å². The fourth-order valence-electron chi connectivity index (χ4n) is 6.07. The summed E-state index contributed by atoms with van der Waals surface area (Å²) in [5, 5.41) is 1.10. The standard InChI is InChI=1S/C36H68O4Si/c1-15-34-35(37-14)17-16-18-36(34)41(38-31(19-25(2)3)20-26(4)5,39-32(21-27(6)7)22-28(8)9)40-33(23-29(10)11)24-30(12)13/h16-18,25-33H,15,19-24H2,1-14H3. The van der Waals surface area contributed by atoms with Crippen molar-refractivity contribution >= 4 is 14.0 Å². The van der Waals surface area contributed by atoms with Crippen LogP contribution in [0.4, 0.5) is 0 Å². The zero-order valence-corrected chi connectivity index (χ0v) is 30.5. The summed E-state index contributed by atoms with van der Waals surface area (Å²) in [7, 11) is -1.69. The predicted octanol–water partition coefficient (Wildman–Crippen LogP) is 9.84. The van der Waals surface area contributed by atoms with Crippen molar-refractivity contribution in [2.75, 3.05) is 7.11 Å². The Balaban J connectivity index is 4.03. The zero-order chi connectivity index (χ0) is 31.3. The summed E-state index contributed by atoms with van der Waals surface area (Å²) in [6.45, 7) is 29.8. The van der Waals surface area contributed by atoms with Crippen LogP contribution >= 0.6 is 0 Å². The van der Waals surface area contributed by atoms with Gasteiger partial charge >= 0.3 is 8.80 Å². The summed E-state index contributed by atoms with van der Waals surface area (Å²) >= 11 is 0. The summed E-state index contributed by atoms with van der Waals surface area (Å²) in [4.78, 5) is 0. The highest BCUT2D eigenvalue weighted by atomic mass is 28.4. The highest BCUT2D eigenvalue weighted by molar-refractivity contribution is 6.76. The molecule has 0 radical (unpaired) electrons. The highest BCUT2D eigenvalue weighted by Crippen LogP contribution is 2.32. The van der Waals surface area contributed by atoms with E-state index in [2.05, 4.69) is 108 Å². The third-order valence-corrected chi connectivity index (χ3v) is 10.5. The lowest BCUT2D eigenvalue weighted by molar-refractivity contribution is -0.0330. The molecule has 0 amide bonds. The minimum absolute atomic E-state index is 0.0649. The monoisotopic (exact) mass is 592 g/mol. The molecule has 0 heterocycles. The first-order chi connectivity index (χ1) is 19.1. The van der Waals surface area contributed by atoms with E-state index in [1.54, 1.807) is 7.11 Å². The van der Waals surface area contributed by atoms with Gasteiger partial charge in [0.2, 0.25) is 0 Å². The van der Waals surface area contributed by atoms with E-state index < -0.39 is 8.80 Å². The third kappa shape index (κ3) is 14.0. The fraction of sp³-hybridized carbons (Fsp3) is 0.833. The van der Waals surface area contributed by atoms with Crippen LogP contribution in [-0.4, -0.2) is 34.2 Å². The first-order valence-electron chi connectivity index (χ1n) is 16.8. The van der Waals surface area contributed by atoms with Gasteiger partial charge < -0.3 is 18.0 Å². The average molecular weight is 593 g/mol. The lowest BCUT2D eigenvalue weighted by atomic mass is 9.98. The van der Waals surface area contributed by atoms with Crippen molar-refractivity contribution in [3.63, 3.8) is 0 Å². The molecule has 1 aromatic rings. The first kappa shape index (κ1) is 38.1. The van der Waals surface area contributed by atoms with Crippen LogP contribution in [0.5, 0.6) is 5.75 Å². The smallest absolute Gasteiger partial charge is 0.496 e. The quantitative estimate of drug-likeness (QED) is 0.133. The van der Waals surface area contributed by atoms with Crippen molar-refractivity contribution in [2.24, 2.45) is 35.5 Å². The Bertz CT molecular complexity index is 738. The minimum Gasteiger partial charge on any atom is -0.496 e. The van der Waals surface area contributed by atoms with Gasteiger partial charge in [-0.1, -0.05) is 102 Å². The Morgan fingerprint density at radius 2 is 0.854 bits per heavy atom. The van der Waals surface area contributed by atoms with Crippen molar-refractivity contribution < 1.29 is 18.0 Å². The van der Waals surface area contributed by atoms with Crippen LogP contribution < -0.4 is 9.92 Å². The summed E-state index contributed by atoms with van der Waals surface area (Å²) in [6, 6.07) is 6.39. The molecule has 0 aromatic heterocycles. The number of benzene rings is 1. The molecule has 0 aliphatic carbocycles. The fourth-order valence-corrected chi connectivity index (χ4v) is 9.48. The number of hydrogen-bond acceptors (Lipinski definition) is 4. The first-order valence-corrected chi connectivity index (χ1v) is 18.5. The maximum absolute atomic E-state index is 7.51. The van der Waals surface area contributed by atoms with E-state index in [1.165, 1.54) is 0 Å². The topological polar surface area (TPSA) is 36.9 Å². The second-order valence-corrected chi connectivity index (χ2v) is 17.3. The normalized spacial score (nSPS) is 13.1. The molecule has 0 bridgehead atoms. The molecule has 1 rings (SSSR count). The lowest BCUT2D eigenvalue weighted by Crippen LogP contribution is -2.63. The van der Waals surface area contributed by atoms with Crippen molar-refractivity contribution in [3.8, 4) is 5.75 Å². The highest BCUT2D eigenvalue weighted by Gasteiger charge is 2.51. The number of ether oxygens (including phenoxy) is 1. The number of hydrogen-bond donors (Lipinski definition) is 0. The minimum atomic E-state index is -3.46. The van der Waals surface area contributed by atoms with E-state index in [4.69, 9.17) is 18.0 Å². The van der Waals surface area contributed by atoms with E-state index >= 15 is 0 Å². The predicted molar refractivity (Wildman–Crippen MR) is 179 cm³/mol. The largest absolute Gasteiger partial charge is 0.538 e. The van der Waals surface area contributed by atoms with Crippen LogP contribution in [0, 0.1) is 35.5 Å². The summed E-state index contributed by atoms with van der Waals surface area (Å²) in [6.07, 6.45) is 6.96. The molecule has 4 nitrogen and oxygen atoms in total. The SMILES string of the molecule is CCc1c(OC)cccc1[Si](OC(CC(C)C)CC(C)C)(OC(CC(C)C)CC(C)C)OC(CC(C)C)CC(C)C. The van der Waals surface area contributed by atoms with Crippen molar-refractivity contribution in [2.45, 2.75) is 153 Å². The molecule has 0 fully saturated rings. The molecule has 0 atom stereocenters.